The van der Waals surface area contributed by atoms with Crippen molar-refractivity contribution in [2.24, 2.45) is 29.4 Å². The molecule has 1 saturated carbocycles. The fraction of sp³-hybridized carbons (Fsp3) is 0.682. The van der Waals surface area contributed by atoms with Gasteiger partial charge in [0.2, 0.25) is 17.6 Å². The average Bonchev–Trinajstić information content (AvgIpc) is 3.58. The highest BCUT2D eigenvalue weighted by atomic mass is 19.4. The number of alkyl halides is 6. The molecule has 3 aliphatic rings. The van der Waals surface area contributed by atoms with Gasteiger partial charge in [0.15, 0.2) is 11.5 Å². The first kappa shape index (κ1) is 27.9. The summed E-state index contributed by atoms with van der Waals surface area (Å²) in [4.78, 5) is 53.3. The fourth-order valence-corrected chi connectivity index (χ4v) is 6.22. The maximum atomic E-state index is 13.5. The van der Waals surface area contributed by atoms with Gasteiger partial charge in [-0.25, -0.2) is 0 Å². The van der Waals surface area contributed by atoms with E-state index in [2.05, 4.69) is 19.7 Å². The molecule has 0 bridgehead atoms. The van der Waals surface area contributed by atoms with E-state index in [0.29, 0.717) is 18.9 Å². The molecule has 1 aromatic rings. The molecule has 1 aromatic heterocycles. The van der Waals surface area contributed by atoms with E-state index in [0.717, 1.165) is 4.90 Å². The Bertz CT molecular complexity index is 1120. The third-order valence-electron chi connectivity index (χ3n) is 7.72. The molecule has 2 aliphatic heterocycles. The first-order chi connectivity index (χ1) is 17.7. The molecule has 2 saturated heterocycles. The molecule has 5 atom stereocenters. The van der Waals surface area contributed by atoms with Crippen molar-refractivity contribution in [3.63, 3.8) is 0 Å². The molecule has 210 valence electrons. The molecule has 3 heterocycles. The topological polar surface area (TPSA) is 145 Å². The second-order valence-corrected chi connectivity index (χ2v) is 9.74. The Balaban J connectivity index is 1.80. The lowest BCUT2D eigenvalue weighted by Gasteiger charge is -2.45. The van der Waals surface area contributed by atoms with Gasteiger partial charge in [0.05, 0.1) is 5.92 Å². The molecule has 3 fully saturated rings. The lowest BCUT2D eigenvalue weighted by Crippen LogP contribution is -2.66. The first-order valence-corrected chi connectivity index (χ1v) is 11.8. The van der Waals surface area contributed by atoms with Gasteiger partial charge in [-0.05, 0) is 37.5 Å². The molecule has 16 heteroatoms. The summed E-state index contributed by atoms with van der Waals surface area (Å²) in [7, 11) is 0. The lowest BCUT2D eigenvalue weighted by molar-refractivity contribution is -0.321. The lowest BCUT2D eigenvalue weighted by atomic mass is 9.67. The maximum Gasteiger partial charge on any atom is 0.522 e. The third-order valence-corrected chi connectivity index (χ3v) is 7.72. The number of carbonyl (C=O) groups excluding carboxylic acids is 4. The summed E-state index contributed by atoms with van der Waals surface area (Å²) in [6, 6.07) is 0.330. The van der Waals surface area contributed by atoms with Crippen molar-refractivity contribution in [1.82, 2.24) is 15.4 Å². The number of aromatic nitrogens is 1. The van der Waals surface area contributed by atoms with Crippen LogP contribution in [0.4, 0.5) is 26.3 Å². The largest absolute Gasteiger partial charge is 0.522 e. The Labute approximate surface area is 211 Å². The van der Waals surface area contributed by atoms with Gasteiger partial charge >= 0.3 is 12.5 Å². The zero-order valence-corrected chi connectivity index (χ0v) is 19.7. The molecular formula is C22H24F6N4O6. The zero-order valence-electron chi connectivity index (χ0n) is 19.7. The molecule has 4 rings (SSSR count). The minimum absolute atomic E-state index is 0.206. The summed E-state index contributed by atoms with van der Waals surface area (Å²) in [6.07, 6.45) is -9.09. The highest BCUT2D eigenvalue weighted by Gasteiger charge is 2.66. The van der Waals surface area contributed by atoms with E-state index in [1.165, 1.54) is 0 Å². The van der Waals surface area contributed by atoms with Crippen LogP contribution in [0.2, 0.25) is 0 Å². The molecule has 10 nitrogen and oxygen atoms in total. The number of likely N-dealkylation sites (tertiary alicyclic amines) is 1. The minimum Gasteiger partial charge on any atom is -0.368 e. The van der Waals surface area contributed by atoms with Crippen LogP contribution in [0.25, 0.3) is 0 Å². The summed E-state index contributed by atoms with van der Waals surface area (Å²) in [5.41, 5.74) is 2.77. The van der Waals surface area contributed by atoms with Gasteiger partial charge in [0, 0.05) is 25.1 Å². The number of carbonyl (C=O) groups is 4. The van der Waals surface area contributed by atoms with E-state index in [1.807, 2.05) is 0 Å². The molecule has 0 spiro atoms. The van der Waals surface area contributed by atoms with Crippen LogP contribution in [0.5, 0.6) is 0 Å². The van der Waals surface area contributed by atoms with Crippen molar-refractivity contribution in [3.05, 3.63) is 17.5 Å². The molecular weight excluding hydrogens is 530 g/mol. The summed E-state index contributed by atoms with van der Waals surface area (Å²) in [5.74, 6) is -9.52. The van der Waals surface area contributed by atoms with Gasteiger partial charge in [-0.3, -0.25) is 23.9 Å². The number of nitrogens with two attached hydrogens (primary N) is 1. The highest BCUT2D eigenvalue weighted by molar-refractivity contribution is 6.02. The SMILES string of the molecule is NC(=O)C1([C@H](C[C@H]2CCNC2=O)C(=O)COC(F)(F)F)C2CCCC2CN1C(=O)c1cc(C(F)(F)F)on1. The van der Waals surface area contributed by atoms with Crippen LogP contribution < -0.4 is 11.1 Å². The molecule has 0 aromatic carbocycles. The monoisotopic (exact) mass is 554 g/mol. The van der Waals surface area contributed by atoms with Crippen LogP contribution >= 0.6 is 0 Å². The van der Waals surface area contributed by atoms with Crippen molar-refractivity contribution in [3.8, 4) is 0 Å². The molecule has 0 radical (unpaired) electrons. The number of ether oxygens (including phenoxy) is 1. The van der Waals surface area contributed by atoms with Gasteiger partial charge in [-0.1, -0.05) is 11.6 Å². The summed E-state index contributed by atoms with van der Waals surface area (Å²) in [5, 5.41) is 5.71. The number of rotatable bonds is 8. The number of ketones is 1. The Hall–Kier alpha value is -3.17. The number of hydrogen-bond acceptors (Lipinski definition) is 7. The second kappa shape index (κ2) is 9.85. The van der Waals surface area contributed by atoms with E-state index in [-0.39, 0.29) is 25.9 Å². The van der Waals surface area contributed by atoms with Crippen molar-refractivity contribution < 1.29 is 54.8 Å². The van der Waals surface area contributed by atoms with Gasteiger partial charge in [-0.2, -0.15) is 13.2 Å². The van der Waals surface area contributed by atoms with Gasteiger partial charge in [-0.15, -0.1) is 13.2 Å². The smallest absolute Gasteiger partial charge is 0.368 e. The number of Topliss-reactive ketones (excluding diaryl/α,β-unsaturated/α-hetero) is 1. The number of nitrogens with one attached hydrogen (secondary N) is 1. The van der Waals surface area contributed by atoms with Crippen LogP contribution in [0, 0.1) is 23.7 Å². The van der Waals surface area contributed by atoms with Crippen LogP contribution in [0.15, 0.2) is 10.6 Å². The number of amides is 3. The summed E-state index contributed by atoms with van der Waals surface area (Å²) in [6.45, 7) is -1.50. The van der Waals surface area contributed by atoms with Gasteiger partial charge in [0.25, 0.3) is 5.91 Å². The van der Waals surface area contributed by atoms with Crippen molar-refractivity contribution in [1.29, 1.82) is 0 Å². The van der Waals surface area contributed by atoms with Crippen LogP contribution in [0.1, 0.15) is 48.4 Å². The molecule has 3 unspecified atom stereocenters. The molecule has 3 N–H and O–H groups in total. The molecule has 1 aliphatic carbocycles. The number of nitrogens with zero attached hydrogens (tertiary/aromatic N) is 2. The Morgan fingerprint density at radius 2 is 1.92 bits per heavy atom. The van der Waals surface area contributed by atoms with E-state index >= 15 is 0 Å². The number of hydrogen-bond donors (Lipinski definition) is 2. The van der Waals surface area contributed by atoms with Gasteiger partial charge in [0.1, 0.15) is 12.1 Å². The predicted molar refractivity (Wildman–Crippen MR) is 112 cm³/mol. The normalized spacial score (nSPS) is 28.3. The Morgan fingerprint density at radius 1 is 1.21 bits per heavy atom. The van der Waals surface area contributed by atoms with Crippen molar-refractivity contribution in [2.45, 2.75) is 50.2 Å². The zero-order chi connectivity index (χ0) is 28.0. The van der Waals surface area contributed by atoms with E-state index in [1.54, 1.807) is 0 Å². The number of primary amides is 1. The van der Waals surface area contributed by atoms with E-state index in [9.17, 15) is 45.5 Å². The van der Waals surface area contributed by atoms with Gasteiger partial charge < -0.3 is 20.5 Å². The quantitative estimate of drug-likeness (QED) is 0.468. The van der Waals surface area contributed by atoms with E-state index < -0.39 is 89.7 Å². The number of halogens is 6. The standard InChI is InChI=1S/C22H24F6N4O6/c23-21(24,25)16-7-14(31-38-16)18(35)32-8-11-2-1-3-12(11)20(32,19(29)36)13(6-10-4-5-30-17(10)34)15(33)9-37-22(26,27)28/h7,10-13H,1-6,8-9H2,(H2,29,36)(H,30,34)/t10-,11?,12?,13-,20?/m1/s1. The Kier molecular flexibility index (Phi) is 7.22. The Morgan fingerprint density at radius 3 is 2.47 bits per heavy atom. The maximum absolute atomic E-state index is 13.5. The average molecular weight is 554 g/mol. The van der Waals surface area contributed by atoms with Crippen LogP contribution in [-0.2, 0) is 25.3 Å². The number of fused-ring (bicyclic) bond motifs is 1. The van der Waals surface area contributed by atoms with Crippen molar-refractivity contribution >= 4 is 23.5 Å². The first-order valence-electron chi connectivity index (χ1n) is 11.8. The fourth-order valence-electron chi connectivity index (χ4n) is 6.22. The third kappa shape index (κ3) is 4.97. The minimum atomic E-state index is -5.19. The molecule has 3 amide bonds. The molecule has 38 heavy (non-hydrogen) atoms. The highest BCUT2D eigenvalue weighted by Crippen LogP contribution is 2.54. The second-order valence-electron chi connectivity index (χ2n) is 9.74. The van der Waals surface area contributed by atoms with Crippen molar-refractivity contribution in [2.75, 3.05) is 19.7 Å². The van der Waals surface area contributed by atoms with E-state index in [4.69, 9.17) is 5.73 Å². The summed E-state index contributed by atoms with van der Waals surface area (Å²) < 4.78 is 85.6. The van der Waals surface area contributed by atoms with Crippen LogP contribution in [0.3, 0.4) is 0 Å². The predicted octanol–water partition coefficient (Wildman–Crippen LogP) is 2.04. The van der Waals surface area contributed by atoms with Crippen LogP contribution in [-0.4, -0.2) is 65.2 Å². The summed E-state index contributed by atoms with van der Waals surface area (Å²) >= 11 is 0.